The third-order valence-corrected chi connectivity index (χ3v) is 4.78. The van der Waals surface area contributed by atoms with Crippen LogP contribution in [0.5, 0.6) is 5.75 Å². The van der Waals surface area contributed by atoms with E-state index in [9.17, 15) is 9.59 Å². The predicted octanol–water partition coefficient (Wildman–Crippen LogP) is 5.44. The van der Waals surface area contributed by atoms with Crippen LogP contribution in [0.3, 0.4) is 0 Å². The second kappa shape index (κ2) is 8.71. The van der Waals surface area contributed by atoms with Crippen molar-refractivity contribution in [2.24, 2.45) is 0 Å². The highest BCUT2D eigenvalue weighted by molar-refractivity contribution is 5.99. The smallest absolute Gasteiger partial charge is 0.414 e. The average Bonchev–Trinajstić information content (AvgIpc) is 2.79. The van der Waals surface area contributed by atoms with E-state index in [-0.39, 0.29) is 11.3 Å². The zero-order chi connectivity index (χ0) is 21.8. The lowest BCUT2D eigenvalue weighted by Crippen LogP contribution is -2.26. The highest BCUT2D eigenvalue weighted by Gasteiger charge is 2.23. The molecule has 1 amide bonds. The number of nitrogens with zero attached hydrogens (tertiary/aromatic N) is 1. The molecular formula is C26H21NO4. The van der Waals surface area contributed by atoms with Crippen molar-refractivity contribution in [1.29, 1.82) is 0 Å². The standard InChI is InChI=1S/C26H21NO4/c1-27(2)26(29)31-24-20-15-9-10-16-22(20)30-25(28)23(24)21(19-13-7-4-8-14-19)17-18-11-5-3-6-12-18/h3-17H,1-2H3/b21-17+. The van der Waals surface area contributed by atoms with E-state index in [2.05, 4.69) is 0 Å². The fourth-order valence-corrected chi connectivity index (χ4v) is 3.27. The fraction of sp³-hybridized carbons (Fsp3) is 0.0769. The Labute approximate surface area is 179 Å². The minimum absolute atomic E-state index is 0.177. The van der Waals surface area contributed by atoms with E-state index in [0.717, 1.165) is 11.1 Å². The van der Waals surface area contributed by atoms with Crippen molar-refractivity contribution in [3.05, 3.63) is 112 Å². The van der Waals surface area contributed by atoms with Crippen LogP contribution in [-0.2, 0) is 0 Å². The summed E-state index contributed by atoms with van der Waals surface area (Å²) in [7, 11) is 3.18. The SMILES string of the molecule is CN(C)C(=O)Oc1c(/C(=C/c2ccccc2)c2ccccc2)c(=O)oc2ccccc12. The molecule has 0 saturated heterocycles. The summed E-state index contributed by atoms with van der Waals surface area (Å²) >= 11 is 0. The minimum atomic E-state index is -0.580. The van der Waals surface area contributed by atoms with E-state index in [0.29, 0.717) is 16.5 Å². The first kappa shape index (κ1) is 20.2. The van der Waals surface area contributed by atoms with Crippen LogP contribution < -0.4 is 10.4 Å². The van der Waals surface area contributed by atoms with Gasteiger partial charge >= 0.3 is 11.7 Å². The van der Waals surface area contributed by atoms with Crippen LogP contribution in [0.4, 0.5) is 4.79 Å². The third-order valence-electron chi connectivity index (χ3n) is 4.78. The van der Waals surface area contributed by atoms with Crippen molar-refractivity contribution in [3.8, 4) is 5.75 Å². The average molecular weight is 411 g/mol. The van der Waals surface area contributed by atoms with Gasteiger partial charge in [-0.15, -0.1) is 0 Å². The van der Waals surface area contributed by atoms with Gasteiger partial charge in [-0.1, -0.05) is 72.8 Å². The van der Waals surface area contributed by atoms with E-state index in [1.807, 2.05) is 72.8 Å². The molecule has 5 nitrogen and oxygen atoms in total. The molecule has 0 atom stereocenters. The first-order valence-electron chi connectivity index (χ1n) is 9.82. The molecule has 1 heterocycles. The highest BCUT2D eigenvalue weighted by Crippen LogP contribution is 2.36. The number of ether oxygens (including phenoxy) is 1. The maximum absolute atomic E-state index is 13.2. The van der Waals surface area contributed by atoms with E-state index in [4.69, 9.17) is 9.15 Å². The van der Waals surface area contributed by atoms with Crippen molar-refractivity contribution >= 4 is 28.7 Å². The Morgan fingerprint density at radius 1 is 0.871 bits per heavy atom. The molecule has 4 rings (SSSR count). The van der Waals surface area contributed by atoms with Gasteiger partial charge in [0, 0.05) is 19.7 Å². The van der Waals surface area contributed by atoms with Crippen molar-refractivity contribution < 1.29 is 13.9 Å². The Morgan fingerprint density at radius 3 is 2.16 bits per heavy atom. The van der Waals surface area contributed by atoms with Gasteiger partial charge in [0.05, 0.1) is 5.39 Å². The van der Waals surface area contributed by atoms with Gasteiger partial charge in [0.1, 0.15) is 11.1 Å². The molecule has 0 N–H and O–H groups in total. The molecule has 5 heteroatoms. The Kier molecular flexibility index (Phi) is 5.67. The normalized spacial score (nSPS) is 11.4. The topological polar surface area (TPSA) is 59.8 Å². The summed E-state index contributed by atoms with van der Waals surface area (Å²) in [6, 6.07) is 26.2. The lowest BCUT2D eigenvalue weighted by molar-refractivity contribution is 0.172. The van der Waals surface area contributed by atoms with Crippen LogP contribution >= 0.6 is 0 Å². The maximum Gasteiger partial charge on any atom is 0.414 e. The zero-order valence-corrected chi connectivity index (χ0v) is 17.2. The van der Waals surface area contributed by atoms with E-state index in [1.165, 1.54) is 4.90 Å². The summed E-state index contributed by atoms with van der Waals surface area (Å²) < 4.78 is 11.3. The molecule has 0 fully saturated rings. The monoisotopic (exact) mass is 411 g/mol. The van der Waals surface area contributed by atoms with Crippen LogP contribution in [-0.4, -0.2) is 25.1 Å². The fourth-order valence-electron chi connectivity index (χ4n) is 3.27. The lowest BCUT2D eigenvalue weighted by atomic mass is 9.95. The summed E-state index contributed by atoms with van der Waals surface area (Å²) in [6.07, 6.45) is 1.31. The summed E-state index contributed by atoms with van der Waals surface area (Å²) in [5.41, 5.74) is 2.28. The van der Waals surface area contributed by atoms with Crippen LogP contribution in [0.2, 0.25) is 0 Å². The summed E-state index contributed by atoms with van der Waals surface area (Å²) in [4.78, 5) is 27.0. The highest BCUT2D eigenvalue weighted by atomic mass is 16.6. The molecule has 0 saturated carbocycles. The van der Waals surface area contributed by atoms with Crippen molar-refractivity contribution in [2.75, 3.05) is 14.1 Å². The number of hydrogen-bond acceptors (Lipinski definition) is 4. The number of fused-ring (bicyclic) bond motifs is 1. The summed E-state index contributed by atoms with van der Waals surface area (Å²) in [5, 5.41) is 0.544. The van der Waals surface area contributed by atoms with Gasteiger partial charge in [-0.2, -0.15) is 0 Å². The molecule has 0 aliphatic carbocycles. The van der Waals surface area contributed by atoms with Gasteiger partial charge in [-0.3, -0.25) is 0 Å². The van der Waals surface area contributed by atoms with Gasteiger partial charge < -0.3 is 14.1 Å². The predicted molar refractivity (Wildman–Crippen MR) is 122 cm³/mol. The molecule has 0 radical (unpaired) electrons. The van der Waals surface area contributed by atoms with E-state index < -0.39 is 11.7 Å². The summed E-state index contributed by atoms with van der Waals surface area (Å²) in [5.74, 6) is 0.177. The quantitative estimate of drug-likeness (QED) is 0.331. The lowest BCUT2D eigenvalue weighted by Gasteiger charge is -2.17. The van der Waals surface area contributed by atoms with Gasteiger partial charge in [-0.05, 0) is 29.3 Å². The second-order valence-corrected chi connectivity index (χ2v) is 7.19. The van der Waals surface area contributed by atoms with Crippen LogP contribution in [0.1, 0.15) is 16.7 Å². The van der Waals surface area contributed by atoms with E-state index >= 15 is 0 Å². The third kappa shape index (κ3) is 4.26. The molecule has 31 heavy (non-hydrogen) atoms. The van der Waals surface area contributed by atoms with Crippen LogP contribution in [0.15, 0.2) is 94.1 Å². The first-order chi connectivity index (χ1) is 15.0. The number of para-hydroxylation sites is 1. The molecular weight excluding hydrogens is 390 g/mol. The molecule has 0 unspecified atom stereocenters. The Balaban J connectivity index is 2.05. The molecule has 4 aromatic rings. The number of benzene rings is 3. The Bertz CT molecular complexity index is 1310. The number of carbonyl (C=O) groups is 1. The zero-order valence-electron chi connectivity index (χ0n) is 17.2. The molecule has 0 aliphatic heterocycles. The number of amides is 1. The molecule has 0 aliphatic rings. The van der Waals surface area contributed by atoms with E-state index in [1.54, 1.807) is 32.3 Å². The van der Waals surface area contributed by atoms with Crippen molar-refractivity contribution in [1.82, 2.24) is 4.90 Å². The number of carbonyl (C=O) groups excluding carboxylic acids is 1. The molecule has 154 valence electrons. The first-order valence-corrected chi connectivity index (χ1v) is 9.82. The Morgan fingerprint density at radius 2 is 1.48 bits per heavy atom. The maximum atomic E-state index is 13.2. The van der Waals surface area contributed by atoms with Gasteiger partial charge in [-0.25, -0.2) is 9.59 Å². The van der Waals surface area contributed by atoms with Crippen LogP contribution in [0, 0.1) is 0 Å². The Hall–Kier alpha value is -4.12. The largest absolute Gasteiger partial charge is 0.422 e. The molecule has 3 aromatic carbocycles. The molecule has 0 spiro atoms. The number of rotatable bonds is 4. The van der Waals surface area contributed by atoms with Gasteiger partial charge in [0.25, 0.3) is 0 Å². The molecule has 1 aromatic heterocycles. The van der Waals surface area contributed by atoms with Crippen molar-refractivity contribution in [3.63, 3.8) is 0 Å². The molecule has 0 bridgehead atoms. The van der Waals surface area contributed by atoms with Crippen molar-refractivity contribution in [2.45, 2.75) is 0 Å². The van der Waals surface area contributed by atoms with Gasteiger partial charge in [0.2, 0.25) is 0 Å². The van der Waals surface area contributed by atoms with Crippen LogP contribution in [0.25, 0.3) is 22.6 Å². The number of hydrogen-bond donors (Lipinski definition) is 0. The minimum Gasteiger partial charge on any atom is -0.422 e. The second-order valence-electron chi connectivity index (χ2n) is 7.19. The summed E-state index contributed by atoms with van der Waals surface area (Å²) in [6.45, 7) is 0. The van der Waals surface area contributed by atoms with Gasteiger partial charge in [0.15, 0.2) is 5.75 Å².